The van der Waals surface area contributed by atoms with Gasteiger partial charge in [-0.25, -0.2) is 0 Å². The number of hydrogen-bond donors (Lipinski definition) is 1. The predicted molar refractivity (Wildman–Crippen MR) is 29.0 cm³/mol. The van der Waals surface area contributed by atoms with Gasteiger partial charge in [0.1, 0.15) is 0 Å². The zero-order chi connectivity index (χ0) is 8.36. The first-order valence-corrected chi connectivity index (χ1v) is 2.69. The second-order valence-electron chi connectivity index (χ2n) is 2.11. The monoisotopic (exact) mass is 155 g/mol. The molecule has 0 aliphatic carbocycles. The number of alkyl halides is 3. The SMILES string of the molecule is CC(CC(N)=O)C(F)(F)F. The van der Waals surface area contributed by atoms with Crippen molar-refractivity contribution >= 4 is 5.91 Å². The zero-order valence-corrected chi connectivity index (χ0v) is 5.40. The van der Waals surface area contributed by atoms with Crippen LogP contribution in [0.15, 0.2) is 0 Å². The molecule has 0 bridgehead atoms. The molecule has 0 fully saturated rings. The van der Waals surface area contributed by atoms with Crippen molar-refractivity contribution in [1.29, 1.82) is 0 Å². The molecule has 2 N–H and O–H groups in total. The molecule has 10 heavy (non-hydrogen) atoms. The Balaban J connectivity index is 3.85. The maximum absolute atomic E-state index is 11.6. The highest BCUT2D eigenvalue weighted by Crippen LogP contribution is 2.27. The molecule has 1 unspecified atom stereocenters. The van der Waals surface area contributed by atoms with Gasteiger partial charge in [-0.3, -0.25) is 4.79 Å². The average Bonchev–Trinajstić information content (AvgIpc) is 1.60. The molecule has 0 aromatic heterocycles. The van der Waals surface area contributed by atoms with Gasteiger partial charge < -0.3 is 5.73 Å². The first-order valence-electron chi connectivity index (χ1n) is 2.69. The van der Waals surface area contributed by atoms with Gasteiger partial charge in [0.15, 0.2) is 0 Å². The quantitative estimate of drug-likeness (QED) is 0.636. The van der Waals surface area contributed by atoms with Crippen LogP contribution in [0.1, 0.15) is 13.3 Å². The molecule has 1 amide bonds. The summed E-state index contributed by atoms with van der Waals surface area (Å²) < 4.78 is 34.8. The largest absolute Gasteiger partial charge is 0.392 e. The van der Waals surface area contributed by atoms with Gasteiger partial charge in [0.25, 0.3) is 0 Å². The van der Waals surface area contributed by atoms with E-state index in [1.165, 1.54) is 0 Å². The van der Waals surface area contributed by atoms with Crippen LogP contribution in [-0.4, -0.2) is 12.1 Å². The Morgan fingerprint density at radius 3 is 2.10 bits per heavy atom. The van der Waals surface area contributed by atoms with Gasteiger partial charge >= 0.3 is 6.18 Å². The summed E-state index contributed by atoms with van der Waals surface area (Å²) >= 11 is 0. The number of carbonyl (C=O) groups excluding carboxylic acids is 1. The van der Waals surface area contributed by atoms with Gasteiger partial charge in [0, 0.05) is 6.42 Å². The first-order chi connectivity index (χ1) is 4.34. The molecular weight excluding hydrogens is 147 g/mol. The molecular formula is C5H8F3NO. The molecule has 0 aromatic rings. The summed E-state index contributed by atoms with van der Waals surface area (Å²) in [4.78, 5) is 9.98. The molecule has 0 aliphatic heterocycles. The molecule has 0 aliphatic rings. The van der Waals surface area contributed by atoms with E-state index in [2.05, 4.69) is 5.73 Å². The van der Waals surface area contributed by atoms with E-state index in [9.17, 15) is 18.0 Å². The van der Waals surface area contributed by atoms with E-state index in [0.29, 0.717) is 0 Å². The smallest absolute Gasteiger partial charge is 0.370 e. The molecule has 0 saturated heterocycles. The van der Waals surface area contributed by atoms with Crippen molar-refractivity contribution in [3.63, 3.8) is 0 Å². The van der Waals surface area contributed by atoms with Crippen molar-refractivity contribution in [3.05, 3.63) is 0 Å². The Morgan fingerprint density at radius 2 is 2.00 bits per heavy atom. The molecule has 1 atom stereocenters. The number of hydrogen-bond acceptors (Lipinski definition) is 1. The fourth-order valence-corrected chi connectivity index (χ4v) is 0.418. The fraction of sp³-hybridized carbons (Fsp3) is 0.800. The number of nitrogens with two attached hydrogens (primary N) is 1. The number of amides is 1. The van der Waals surface area contributed by atoms with Crippen LogP contribution in [0.25, 0.3) is 0 Å². The molecule has 0 spiro atoms. The Labute approximate surface area is 56.2 Å². The van der Waals surface area contributed by atoms with E-state index in [1.54, 1.807) is 0 Å². The molecule has 0 radical (unpaired) electrons. The van der Waals surface area contributed by atoms with Crippen molar-refractivity contribution in [2.75, 3.05) is 0 Å². The van der Waals surface area contributed by atoms with Crippen molar-refractivity contribution in [2.24, 2.45) is 11.7 Å². The van der Waals surface area contributed by atoms with Gasteiger partial charge in [0.2, 0.25) is 5.91 Å². The van der Waals surface area contributed by atoms with Crippen molar-refractivity contribution < 1.29 is 18.0 Å². The summed E-state index contributed by atoms with van der Waals surface area (Å²) in [6, 6.07) is 0. The van der Waals surface area contributed by atoms with Crippen molar-refractivity contribution in [3.8, 4) is 0 Å². The van der Waals surface area contributed by atoms with Gasteiger partial charge in [-0.2, -0.15) is 13.2 Å². The summed E-state index contributed by atoms with van der Waals surface area (Å²) in [5.74, 6) is -2.56. The third-order valence-electron chi connectivity index (χ3n) is 1.07. The van der Waals surface area contributed by atoms with Crippen LogP contribution < -0.4 is 5.73 Å². The Kier molecular flexibility index (Phi) is 2.68. The van der Waals surface area contributed by atoms with Crippen LogP contribution in [0, 0.1) is 5.92 Å². The summed E-state index contributed by atoms with van der Waals surface area (Å²) in [7, 11) is 0. The van der Waals surface area contributed by atoms with Crippen LogP contribution in [0.5, 0.6) is 0 Å². The highest BCUT2D eigenvalue weighted by atomic mass is 19.4. The van der Waals surface area contributed by atoms with E-state index in [1.807, 2.05) is 0 Å². The molecule has 0 heterocycles. The summed E-state index contributed by atoms with van der Waals surface area (Å²) in [5, 5.41) is 0. The van der Waals surface area contributed by atoms with E-state index in [-0.39, 0.29) is 0 Å². The molecule has 5 heteroatoms. The van der Waals surface area contributed by atoms with E-state index < -0.39 is 24.4 Å². The number of halogens is 3. The Hall–Kier alpha value is -0.740. The standard InChI is InChI=1S/C5H8F3NO/c1-3(2-4(9)10)5(6,7)8/h3H,2H2,1H3,(H2,9,10). The maximum atomic E-state index is 11.6. The van der Waals surface area contributed by atoms with E-state index >= 15 is 0 Å². The van der Waals surface area contributed by atoms with Crippen LogP contribution in [-0.2, 0) is 4.79 Å². The molecule has 60 valence electrons. The number of carbonyl (C=O) groups is 1. The highest BCUT2D eigenvalue weighted by Gasteiger charge is 2.36. The van der Waals surface area contributed by atoms with Crippen molar-refractivity contribution in [2.45, 2.75) is 19.5 Å². The third-order valence-corrected chi connectivity index (χ3v) is 1.07. The average molecular weight is 155 g/mol. The Morgan fingerprint density at radius 1 is 1.60 bits per heavy atom. The van der Waals surface area contributed by atoms with E-state index in [0.717, 1.165) is 6.92 Å². The molecule has 0 saturated carbocycles. The molecule has 0 rings (SSSR count). The van der Waals surface area contributed by atoms with Crippen LogP contribution in [0.3, 0.4) is 0 Å². The fourth-order valence-electron chi connectivity index (χ4n) is 0.418. The topological polar surface area (TPSA) is 43.1 Å². The minimum atomic E-state index is -4.31. The lowest BCUT2D eigenvalue weighted by molar-refractivity contribution is -0.173. The van der Waals surface area contributed by atoms with E-state index in [4.69, 9.17) is 0 Å². The van der Waals surface area contributed by atoms with Gasteiger partial charge in [-0.1, -0.05) is 6.92 Å². The Bertz CT molecular complexity index is 131. The maximum Gasteiger partial charge on any atom is 0.392 e. The third kappa shape index (κ3) is 3.32. The van der Waals surface area contributed by atoms with Crippen LogP contribution >= 0.6 is 0 Å². The summed E-state index contributed by atoms with van der Waals surface area (Å²) in [5.41, 5.74) is 4.55. The number of rotatable bonds is 2. The van der Waals surface area contributed by atoms with Gasteiger partial charge in [0.05, 0.1) is 5.92 Å². The van der Waals surface area contributed by atoms with Gasteiger partial charge in [-0.05, 0) is 0 Å². The first kappa shape index (κ1) is 9.26. The minimum absolute atomic E-state index is 0.635. The lowest BCUT2D eigenvalue weighted by atomic mass is 10.1. The number of primary amides is 1. The minimum Gasteiger partial charge on any atom is -0.370 e. The van der Waals surface area contributed by atoms with Crippen molar-refractivity contribution in [1.82, 2.24) is 0 Å². The molecule has 2 nitrogen and oxygen atoms in total. The van der Waals surface area contributed by atoms with Crippen LogP contribution in [0.4, 0.5) is 13.2 Å². The second-order valence-corrected chi connectivity index (χ2v) is 2.11. The summed E-state index contributed by atoms with van der Waals surface area (Å²) in [6.45, 7) is 0.921. The second kappa shape index (κ2) is 2.90. The van der Waals surface area contributed by atoms with Gasteiger partial charge in [-0.15, -0.1) is 0 Å². The van der Waals surface area contributed by atoms with Crippen LogP contribution in [0.2, 0.25) is 0 Å². The predicted octanol–water partition coefficient (Wildman–Crippen LogP) is 1.06. The lowest BCUT2D eigenvalue weighted by Gasteiger charge is -2.12. The highest BCUT2D eigenvalue weighted by molar-refractivity contribution is 5.74. The normalized spacial score (nSPS) is 14.8. The molecule has 0 aromatic carbocycles. The zero-order valence-electron chi connectivity index (χ0n) is 5.40. The lowest BCUT2D eigenvalue weighted by Crippen LogP contribution is -2.25. The summed E-state index contributed by atoms with van der Waals surface area (Å²) in [6.07, 6.45) is -4.95.